The second kappa shape index (κ2) is 11.4. The summed E-state index contributed by atoms with van der Waals surface area (Å²) in [4.78, 5) is 33.4. The minimum atomic E-state index is -0.378. The van der Waals surface area contributed by atoms with E-state index in [1.165, 1.54) is 12.8 Å². The molecule has 6 nitrogen and oxygen atoms in total. The lowest BCUT2D eigenvalue weighted by Gasteiger charge is -2.34. The van der Waals surface area contributed by atoms with Crippen molar-refractivity contribution in [2.45, 2.75) is 38.5 Å². The van der Waals surface area contributed by atoms with Crippen LogP contribution in [-0.2, 0) is 4.79 Å². The maximum absolute atomic E-state index is 12.7. The highest BCUT2D eigenvalue weighted by molar-refractivity contribution is 6.40. The average Bonchev–Trinajstić information content (AvgIpc) is 3.36. The van der Waals surface area contributed by atoms with Crippen LogP contribution in [0.4, 0.5) is 11.4 Å². The molecule has 2 aliphatic carbocycles. The molecule has 2 bridgehead atoms. The van der Waals surface area contributed by atoms with Gasteiger partial charge in [0.25, 0.3) is 5.91 Å². The number of rotatable bonds is 7. The summed E-state index contributed by atoms with van der Waals surface area (Å²) in [5, 5.41) is 6.46. The first-order valence-corrected chi connectivity index (χ1v) is 14.3. The molecule has 3 unspecified atom stereocenters. The zero-order chi connectivity index (χ0) is 27.6. The number of benzene rings is 3. The number of carbonyl (C=O) groups excluding carboxylic acids is 2. The number of hydrogen-bond acceptors (Lipinski definition) is 3. The van der Waals surface area contributed by atoms with Crippen molar-refractivity contribution in [1.29, 1.82) is 0 Å². The number of H-pyrrole nitrogens is 1. The fraction of sp³-hybridized carbons (Fsp3) is 0.281. The molecule has 40 heavy (non-hydrogen) atoms. The van der Waals surface area contributed by atoms with Crippen LogP contribution in [0.15, 0.2) is 60.7 Å². The van der Waals surface area contributed by atoms with Gasteiger partial charge in [-0.25, -0.2) is 4.98 Å². The van der Waals surface area contributed by atoms with Gasteiger partial charge < -0.3 is 15.6 Å². The number of aromatic nitrogens is 2. The molecule has 1 heterocycles. The Bertz CT molecular complexity index is 1630. The summed E-state index contributed by atoms with van der Waals surface area (Å²) in [5.41, 5.74) is 4.08. The van der Waals surface area contributed by atoms with Gasteiger partial charge in [-0.15, -0.1) is 5.92 Å². The molecule has 6 rings (SSSR count). The van der Waals surface area contributed by atoms with Crippen molar-refractivity contribution >= 4 is 57.4 Å². The van der Waals surface area contributed by atoms with E-state index in [0.29, 0.717) is 45.7 Å². The van der Waals surface area contributed by atoms with E-state index in [-0.39, 0.29) is 17.4 Å². The van der Waals surface area contributed by atoms with Crippen LogP contribution in [0.2, 0.25) is 10.0 Å². The van der Waals surface area contributed by atoms with E-state index in [4.69, 9.17) is 23.2 Å². The highest BCUT2D eigenvalue weighted by Gasteiger charge is 2.29. The van der Waals surface area contributed by atoms with Crippen LogP contribution < -0.4 is 10.6 Å². The third kappa shape index (κ3) is 5.86. The number of fused-ring (bicyclic) bond motifs is 3. The first-order chi connectivity index (χ1) is 19.4. The van der Waals surface area contributed by atoms with E-state index >= 15 is 0 Å². The van der Waals surface area contributed by atoms with Crippen molar-refractivity contribution in [3.8, 4) is 23.2 Å². The first-order valence-electron chi connectivity index (χ1n) is 13.5. The van der Waals surface area contributed by atoms with Crippen LogP contribution >= 0.6 is 23.2 Å². The molecule has 3 atom stereocenters. The van der Waals surface area contributed by atoms with Crippen molar-refractivity contribution in [3.63, 3.8) is 0 Å². The molecule has 1 fully saturated rings. The van der Waals surface area contributed by atoms with Crippen molar-refractivity contribution in [2.24, 2.45) is 17.8 Å². The zero-order valence-corrected chi connectivity index (χ0v) is 23.3. The van der Waals surface area contributed by atoms with Crippen LogP contribution in [0.1, 0.15) is 48.9 Å². The standard InChI is InChI=1S/C32H28Cl2N4O2/c33-25-5-2-6-26(34)30(25)32(40)36-23-10-8-22(9-11-23)31-37-27-13-12-24(18-28(27)38-31)35-29(39)14-7-21-16-19-3-1-4-20(15-19)17-21/h2,5-6,8-13,18-21H,3,7,14-17H2,(H,35,39)(H,36,40)(H,37,38). The Morgan fingerprint density at radius 3 is 2.50 bits per heavy atom. The van der Waals surface area contributed by atoms with Crippen LogP contribution in [-0.4, -0.2) is 21.8 Å². The summed E-state index contributed by atoms with van der Waals surface area (Å²) in [5.74, 6) is 8.85. The van der Waals surface area contributed by atoms with E-state index in [0.717, 1.165) is 41.5 Å². The largest absolute Gasteiger partial charge is 0.338 e. The highest BCUT2D eigenvalue weighted by atomic mass is 35.5. The maximum Gasteiger partial charge on any atom is 0.258 e. The zero-order valence-electron chi connectivity index (χ0n) is 21.8. The van der Waals surface area contributed by atoms with Crippen molar-refractivity contribution < 1.29 is 9.59 Å². The third-order valence-electron chi connectivity index (χ3n) is 7.75. The Balaban J connectivity index is 1.07. The van der Waals surface area contributed by atoms with Gasteiger partial charge in [-0.05, 0) is 92.1 Å². The van der Waals surface area contributed by atoms with E-state index in [1.807, 2.05) is 30.3 Å². The van der Waals surface area contributed by atoms with Crippen molar-refractivity contribution in [1.82, 2.24) is 9.97 Å². The number of imidazole rings is 1. The molecule has 202 valence electrons. The van der Waals surface area contributed by atoms with E-state index < -0.39 is 0 Å². The molecule has 0 aliphatic heterocycles. The lowest BCUT2D eigenvalue weighted by atomic mass is 9.71. The lowest BCUT2D eigenvalue weighted by molar-refractivity contribution is -0.116. The quantitative estimate of drug-likeness (QED) is 0.197. The Kier molecular flexibility index (Phi) is 7.51. The predicted octanol–water partition coefficient (Wildman–Crippen LogP) is 7.95. The minimum absolute atomic E-state index is 0.0385. The second-order valence-electron chi connectivity index (χ2n) is 10.7. The van der Waals surface area contributed by atoms with E-state index in [2.05, 4.69) is 32.4 Å². The van der Waals surface area contributed by atoms with Gasteiger partial charge in [0.1, 0.15) is 5.82 Å². The number of hydrogen-bond donors (Lipinski definition) is 3. The molecule has 8 heteroatoms. The molecular formula is C32H28Cl2N4O2. The molecule has 2 amide bonds. The maximum atomic E-state index is 12.7. The number of aromatic amines is 1. The molecule has 4 aromatic rings. The second-order valence-corrected chi connectivity index (χ2v) is 11.5. The number of nitrogens with zero attached hydrogens (tertiary/aromatic N) is 1. The Morgan fingerprint density at radius 1 is 0.950 bits per heavy atom. The fourth-order valence-electron chi connectivity index (χ4n) is 5.84. The minimum Gasteiger partial charge on any atom is -0.338 e. The number of anilines is 2. The Labute approximate surface area is 242 Å². The smallest absolute Gasteiger partial charge is 0.258 e. The molecule has 3 aromatic carbocycles. The normalized spacial score (nSPS) is 19.5. The van der Waals surface area contributed by atoms with Gasteiger partial charge in [-0.2, -0.15) is 0 Å². The number of amides is 2. The molecule has 2 aliphatic rings. The van der Waals surface area contributed by atoms with Gasteiger partial charge in [0.05, 0.1) is 26.6 Å². The summed E-state index contributed by atoms with van der Waals surface area (Å²) in [6.07, 6.45) is 6.02. The first kappa shape index (κ1) is 26.4. The topological polar surface area (TPSA) is 86.9 Å². The van der Waals surface area contributed by atoms with Crippen LogP contribution in [0.3, 0.4) is 0 Å². The van der Waals surface area contributed by atoms with Crippen LogP contribution in [0.25, 0.3) is 22.4 Å². The molecule has 1 aromatic heterocycles. The summed E-state index contributed by atoms with van der Waals surface area (Å²) < 4.78 is 0. The van der Waals surface area contributed by atoms with Crippen molar-refractivity contribution in [2.75, 3.05) is 10.6 Å². The van der Waals surface area contributed by atoms with E-state index in [1.54, 1.807) is 30.3 Å². The Hall–Kier alpha value is -3.79. The summed E-state index contributed by atoms with van der Waals surface area (Å²) in [7, 11) is 0. The number of halogens is 2. The summed E-state index contributed by atoms with van der Waals surface area (Å²) in [6, 6.07) is 18.0. The summed E-state index contributed by atoms with van der Waals surface area (Å²) >= 11 is 12.3. The molecule has 0 saturated heterocycles. The van der Waals surface area contributed by atoms with Crippen molar-refractivity contribution in [3.05, 3.63) is 76.3 Å². The number of carbonyl (C=O) groups is 2. The fourth-order valence-corrected chi connectivity index (χ4v) is 6.40. The monoisotopic (exact) mass is 570 g/mol. The SMILES string of the molecule is O=C(CCC1CC2C#CCC(C2)C1)Nc1ccc2nc(-c3ccc(NC(=O)c4c(Cl)cccc4Cl)cc3)[nH]c2c1. The van der Waals surface area contributed by atoms with Gasteiger partial charge in [0.2, 0.25) is 5.91 Å². The molecule has 1 saturated carbocycles. The van der Waals surface area contributed by atoms with Gasteiger partial charge in [0, 0.05) is 35.7 Å². The van der Waals surface area contributed by atoms with Gasteiger partial charge in [-0.3, -0.25) is 9.59 Å². The van der Waals surface area contributed by atoms with Gasteiger partial charge in [-0.1, -0.05) is 35.2 Å². The Morgan fingerprint density at radius 2 is 1.73 bits per heavy atom. The predicted molar refractivity (Wildman–Crippen MR) is 161 cm³/mol. The molecule has 3 N–H and O–H groups in total. The molecular weight excluding hydrogens is 543 g/mol. The third-order valence-corrected chi connectivity index (χ3v) is 8.38. The highest BCUT2D eigenvalue weighted by Crippen LogP contribution is 2.39. The number of nitrogens with one attached hydrogen (secondary N) is 3. The lowest BCUT2D eigenvalue weighted by Crippen LogP contribution is -2.25. The average molecular weight is 572 g/mol. The molecule has 0 radical (unpaired) electrons. The van der Waals surface area contributed by atoms with Gasteiger partial charge in [0.15, 0.2) is 0 Å². The van der Waals surface area contributed by atoms with Crippen LogP contribution in [0.5, 0.6) is 0 Å². The summed E-state index contributed by atoms with van der Waals surface area (Å²) in [6.45, 7) is 0. The molecule has 0 spiro atoms. The van der Waals surface area contributed by atoms with E-state index in [9.17, 15) is 9.59 Å². The van der Waals surface area contributed by atoms with Gasteiger partial charge >= 0.3 is 0 Å². The van der Waals surface area contributed by atoms with Crippen LogP contribution in [0, 0.1) is 29.6 Å².